The van der Waals surface area contributed by atoms with Crippen molar-refractivity contribution in [2.24, 2.45) is 11.8 Å². The molecule has 2 fully saturated rings. The number of hydrogen-bond donors (Lipinski definition) is 2. The Bertz CT molecular complexity index is 492. The molecule has 0 radical (unpaired) electrons. The average Bonchev–Trinajstić information content (AvgIpc) is 2.99. The summed E-state index contributed by atoms with van der Waals surface area (Å²) in [7, 11) is 1.61. The lowest BCUT2D eigenvalue weighted by molar-refractivity contribution is -0.118. The van der Waals surface area contributed by atoms with Gasteiger partial charge in [-0.3, -0.25) is 4.79 Å². The number of hydrogen-bond acceptors (Lipinski definition) is 3. The van der Waals surface area contributed by atoms with Crippen LogP contribution < -0.4 is 15.4 Å². The van der Waals surface area contributed by atoms with Crippen molar-refractivity contribution in [2.45, 2.75) is 12.5 Å². The number of rotatable bonds is 3. The maximum absolute atomic E-state index is 12.1. The van der Waals surface area contributed by atoms with Crippen molar-refractivity contribution in [1.29, 1.82) is 0 Å². The van der Waals surface area contributed by atoms with Gasteiger partial charge in [-0.25, -0.2) is 0 Å². The van der Waals surface area contributed by atoms with Gasteiger partial charge in [-0.15, -0.1) is 0 Å². The highest BCUT2D eigenvalue weighted by Crippen LogP contribution is 2.45. The van der Waals surface area contributed by atoms with Crippen LogP contribution in [0, 0.1) is 11.8 Å². The molecule has 18 heavy (non-hydrogen) atoms. The number of anilines is 1. The molecule has 1 amide bonds. The topological polar surface area (TPSA) is 50.4 Å². The van der Waals surface area contributed by atoms with E-state index in [4.69, 9.17) is 4.74 Å². The SMILES string of the molecule is COc1cc(Br)cc(NC(=O)[C@H]2NC[C@H]3C[C@H]32)c1. The van der Waals surface area contributed by atoms with Gasteiger partial charge in [-0.2, -0.15) is 0 Å². The molecule has 1 aromatic carbocycles. The van der Waals surface area contributed by atoms with Gasteiger partial charge in [0.2, 0.25) is 5.91 Å². The molecule has 1 heterocycles. The second-order valence-electron chi connectivity index (χ2n) is 4.91. The summed E-state index contributed by atoms with van der Waals surface area (Å²) in [4.78, 5) is 12.1. The second kappa shape index (κ2) is 4.55. The minimum Gasteiger partial charge on any atom is -0.497 e. The van der Waals surface area contributed by atoms with Gasteiger partial charge >= 0.3 is 0 Å². The van der Waals surface area contributed by atoms with Crippen molar-refractivity contribution in [1.82, 2.24) is 5.32 Å². The molecular weight excluding hydrogens is 296 g/mol. The van der Waals surface area contributed by atoms with Crippen LogP contribution in [0.5, 0.6) is 5.75 Å². The molecule has 0 bridgehead atoms. The van der Waals surface area contributed by atoms with Gasteiger partial charge in [-0.05, 0) is 36.9 Å². The maximum Gasteiger partial charge on any atom is 0.241 e. The first kappa shape index (κ1) is 12.0. The van der Waals surface area contributed by atoms with Crippen LogP contribution in [-0.2, 0) is 4.79 Å². The first-order valence-electron chi connectivity index (χ1n) is 6.06. The third-order valence-electron chi connectivity index (χ3n) is 3.66. The van der Waals surface area contributed by atoms with Crippen molar-refractivity contribution in [3.8, 4) is 5.75 Å². The third kappa shape index (κ3) is 2.24. The standard InChI is InChI=1S/C13H15BrN2O2/c1-18-10-4-8(14)3-9(5-10)16-13(17)12-11-2-7(11)6-15-12/h3-5,7,11-12,15H,2,6H2,1H3,(H,16,17)/t7-,11-,12+/m1/s1. The van der Waals surface area contributed by atoms with Crippen LogP contribution in [-0.4, -0.2) is 25.6 Å². The van der Waals surface area contributed by atoms with E-state index in [1.165, 1.54) is 6.42 Å². The number of halogens is 1. The molecule has 3 rings (SSSR count). The zero-order valence-electron chi connectivity index (χ0n) is 10.1. The highest BCUT2D eigenvalue weighted by molar-refractivity contribution is 9.10. The fourth-order valence-electron chi connectivity index (χ4n) is 2.60. The Hall–Kier alpha value is -1.07. The van der Waals surface area contributed by atoms with Crippen LogP contribution in [0.2, 0.25) is 0 Å². The highest BCUT2D eigenvalue weighted by Gasteiger charge is 2.50. The summed E-state index contributed by atoms with van der Waals surface area (Å²) < 4.78 is 6.06. The molecule has 0 spiro atoms. The Morgan fingerprint density at radius 2 is 2.33 bits per heavy atom. The number of fused-ring (bicyclic) bond motifs is 1. The molecule has 1 aliphatic carbocycles. The van der Waals surface area contributed by atoms with Gasteiger partial charge in [-0.1, -0.05) is 15.9 Å². The average molecular weight is 311 g/mol. The van der Waals surface area contributed by atoms with Gasteiger partial charge in [0.1, 0.15) is 5.75 Å². The third-order valence-corrected chi connectivity index (χ3v) is 4.12. The minimum atomic E-state index is -0.0278. The normalized spacial score (nSPS) is 28.7. The molecular formula is C13H15BrN2O2. The Labute approximate surface area is 114 Å². The number of nitrogens with one attached hydrogen (secondary N) is 2. The predicted molar refractivity (Wildman–Crippen MR) is 72.7 cm³/mol. The minimum absolute atomic E-state index is 0.0278. The lowest BCUT2D eigenvalue weighted by Gasteiger charge is -2.14. The van der Waals surface area contributed by atoms with Gasteiger partial charge in [0, 0.05) is 16.2 Å². The molecule has 2 N–H and O–H groups in total. The van der Waals surface area contributed by atoms with Crippen LogP contribution in [0.3, 0.4) is 0 Å². The number of ether oxygens (including phenoxy) is 1. The van der Waals surface area contributed by atoms with E-state index in [-0.39, 0.29) is 11.9 Å². The molecule has 1 saturated heterocycles. The zero-order chi connectivity index (χ0) is 12.7. The number of benzene rings is 1. The van der Waals surface area contributed by atoms with E-state index < -0.39 is 0 Å². The summed E-state index contributed by atoms with van der Waals surface area (Å²) in [6.45, 7) is 0.977. The van der Waals surface area contributed by atoms with Gasteiger partial charge in [0.05, 0.1) is 13.2 Å². The van der Waals surface area contributed by atoms with Crippen molar-refractivity contribution in [3.05, 3.63) is 22.7 Å². The predicted octanol–water partition coefficient (Wildman–Crippen LogP) is 2.00. The van der Waals surface area contributed by atoms with E-state index in [2.05, 4.69) is 26.6 Å². The summed E-state index contributed by atoms with van der Waals surface area (Å²) in [6, 6.07) is 5.53. The molecule has 1 saturated carbocycles. The number of carbonyl (C=O) groups is 1. The summed E-state index contributed by atoms with van der Waals surface area (Å²) in [5, 5.41) is 6.21. The van der Waals surface area contributed by atoms with Crippen molar-refractivity contribution in [3.63, 3.8) is 0 Å². The lowest BCUT2D eigenvalue weighted by Crippen LogP contribution is -2.38. The highest BCUT2D eigenvalue weighted by atomic mass is 79.9. The lowest BCUT2D eigenvalue weighted by atomic mass is 10.2. The largest absolute Gasteiger partial charge is 0.497 e. The number of carbonyl (C=O) groups excluding carboxylic acids is 1. The number of piperidine rings is 1. The van der Waals surface area contributed by atoms with Crippen LogP contribution in [0.25, 0.3) is 0 Å². The van der Waals surface area contributed by atoms with Crippen LogP contribution in [0.15, 0.2) is 22.7 Å². The van der Waals surface area contributed by atoms with E-state index in [0.717, 1.165) is 28.4 Å². The first-order chi connectivity index (χ1) is 8.67. The molecule has 4 nitrogen and oxygen atoms in total. The van der Waals surface area contributed by atoms with Gasteiger partial charge in [0.25, 0.3) is 0 Å². The molecule has 1 aromatic rings. The van der Waals surface area contributed by atoms with E-state index in [1.807, 2.05) is 18.2 Å². The Balaban J connectivity index is 1.71. The number of amides is 1. The number of methoxy groups -OCH3 is 1. The smallest absolute Gasteiger partial charge is 0.241 e. The quantitative estimate of drug-likeness (QED) is 0.898. The van der Waals surface area contributed by atoms with E-state index in [9.17, 15) is 4.79 Å². The Morgan fingerprint density at radius 1 is 1.50 bits per heavy atom. The first-order valence-corrected chi connectivity index (χ1v) is 6.85. The molecule has 0 unspecified atom stereocenters. The second-order valence-corrected chi connectivity index (χ2v) is 5.83. The molecule has 1 aliphatic heterocycles. The fraction of sp³-hybridized carbons (Fsp3) is 0.462. The van der Waals surface area contributed by atoms with Crippen molar-refractivity contribution in [2.75, 3.05) is 19.0 Å². The molecule has 0 aromatic heterocycles. The summed E-state index contributed by atoms with van der Waals surface area (Å²) in [5.41, 5.74) is 0.761. The van der Waals surface area contributed by atoms with Crippen molar-refractivity contribution >= 4 is 27.5 Å². The molecule has 5 heteroatoms. The molecule has 3 atom stereocenters. The van der Waals surface area contributed by atoms with Crippen LogP contribution in [0.4, 0.5) is 5.69 Å². The van der Waals surface area contributed by atoms with E-state index in [0.29, 0.717) is 5.92 Å². The molecule has 2 aliphatic rings. The fourth-order valence-corrected chi connectivity index (χ4v) is 3.08. The summed E-state index contributed by atoms with van der Waals surface area (Å²) in [6.07, 6.45) is 1.19. The summed E-state index contributed by atoms with van der Waals surface area (Å²) in [5.74, 6) is 2.04. The maximum atomic E-state index is 12.1. The Kier molecular flexibility index (Phi) is 3.03. The van der Waals surface area contributed by atoms with Crippen LogP contribution >= 0.6 is 15.9 Å². The van der Waals surface area contributed by atoms with Gasteiger partial charge in [0.15, 0.2) is 0 Å². The summed E-state index contributed by atoms with van der Waals surface area (Å²) >= 11 is 3.40. The van der Waals surface area contributed by atoms with E-state index >= 15 is 0 Å². The van der Waals surface area contributed by atoms with E-state index in [1.54, 1.807) is 7.11 Å². The van der Waals surface area contributed by atoms with Crippen molar-refractivity contribution < 1.29 is 9.53 Å². The van der Waals surface area contributed by atoms with Gasteiger partial charge < -0.3 is 15.4 Å². The van der Waals surface area contributed by atoms with Crippen LogP contribution in [0.1, 0.15) is 6.42 Å². The zero-order valence-corrected chi connectivity index (χ0v) is 11.7. The monoisotopic (exact) mass is 310 g/mol. The Morgan fingerprint density at radius 3 is 2.94 bits per heavy atom. The molecule has 96 valence electrons.